The van der Waals surface area contributed by atoms with Gasteiger partial charge in [-0.05, 0) is 55.4 Å². The molecule has 0 radical (unpaired) electrons. The highest BCUT2D eigenvalue weighted by Crippen LogP contribution is 2.29. The fraction of sp³-hybridized carbons (Fsp3) is 0.250. The smallest absolute Gasteiger partial charge is 0.187 e. The molecule has 0 saturated carbocycles. The predicted octanol–water partition coefficient (Wildman–Crippen LogP) is 5.43. The Morgan fingerprint density at radius 3 is 2.60 bits per heavy atom. The number of benzene rings is 2. The van der Waals surface area contributed by atoms with Crippen molar-refractivity contribution in [1.29, 1.82) is 0 Å². The second-order valence-electron chi connectivity index (χ2n) is 8.99. The average Bonchev–Trinajstić information content (AvgIpc) is 3.35. The summed E-state index contributed by atoms with van der Waals surface area (Å²) in [6.45, 7) is 6.27. The van der Waals surface area contributed by atoms with E-state index in [2.05, 4.69) is 56.4 Å². The molecule has 2 aromatic heterocycles. The third-order valence-corrected chi connectivity index (χ3v) is 7.19. The SMILES string of the molecule is Cc1ccc(C(=O)Cc2ccc(N3CCN(C)CC3)cc2)cc1Nc1nc(-c2cccnc2)cs1. The molecular formula is C28H29N5OS. The lowest BCUT2D eigenvalue weighted by molar-refractivity contribution is 0.0993. The number of piperazine rings is 1. The van der Waals surface area contributed by atoms with Gasteiger partial charge < -0.3 is 15.1 Å². The highest BCUT2D eigenvalue weighted by Gasteiger charge is 2.15. The molecule has 0 unspecified atom stereocenters. The fourth-order valence-corrected chi connectivity index (χ4v) is 4.93. The van der Waals surface area contributed by atoms with E-state index in [1.54, 1.807) is 12.4 Å². The van der Waals surface area contributed by atoms with Crippen LogP contribution in [0, 0.1) is 6.92 Å². The van der Waals surface area contributed by atoms with Gasteiger partial charge in [0.1, 0.15) is 0 Å². The summed E-state index contributed by atoms with van der Waals surface area (Å²) in [7, 11) is 2.16. The third-order valence-electron chi connectivity index (χ3n) is 6.43. The van der Waals surface area contributed by atoms with E-state index in [-0.39, 0.29) is 5.78 Å². The molecule has 178 valence electrons. The zero-order valence-corrected chi connectivity index (χ0v) is 20.9. The van der Waals surface area contributed by atoms with E-state index < -0.39 is 0 Å². The summed E-state index contributed by atoms with van der Waals surface area (Å²) in [5.41, 5.74) is 6.79. The number of pyridine rings is 1. The van der Waals surface area contributed by atoms with Gasteiger partial charge in [0.05, 0.1) is 5.69 Å². The Bertz CT molecular complexity index is 1290. The van der Waals surface area contributed by atoms with Gasteiger partial charge in [-0.2, -0.15) is 0 Å². The molecule has 4 aromatic rings. The van der Waals surface area contributed by atoms with Crippen LogP contribution >= 0.6 is 11.3 Å². The number of likely N-dealkylation sites (N-methyl/N-ethyl adjacent to an activating group) is 1. The van der Waals surface area contributed by atoms with E-state index in [0.29, 0.717) is 12.0 Å². The van der Waals surface area contributed by atoms with Crippen LogP contribution in [0.15, 0.2) is 72.4 Å². The van der Waals surface area contributed by atoms with Crippen LogP contribution in [0.2, 0.25) is 0 Å². The molecule has 3 heterocycles. The third kappa shape index (κ3) is 5.58. The lowest BCUT2D eigenvalue weighted by Gasteiger charge is -2.34. The number of aryl methyl sites for hydroxylation is 1. The number of Topliss-reactive ketones (excluding diaryl/α,β-unsaturated/α-hetero) is 1. The molecule has 35 heavy (non-hydrogen) atoms. The van der Waals surface area contributed by atoms with Crippen LogP contribution < -0.4 is 10.2 Å². The second kappa shape index (κ2) is 10.4. The largest absolute Gasteiger partial charge is 0.369 e. The normalized spacial score (nSPS) is 14.2. The number of rotatable bonds is 7. The van der Waals surface area contributed by atoms with Gasteiger partial charge in [-0.1, -0.05) is 24.3 Å². The first-order valence-corrected chi connectivity index (χ1v) is 12.7. The van der Waals surface area contributed by atoms with Gasteiger partial charge in [-0.15, -0.1) is 11.3 Å². The lowest BCUT2D eigenvalue weighted by Crippen LogP contribution is -2.44. The van der Waals surface area contributed by atoms with E-state index in [0.717, 1.165) is 59.4 Å². The zero-order valence-electron chi connectivity index (χ0n) is 20.1. The first-order valence-electron chi connectivity index (χ1n) is 11.8. The minimum Gasteiger partial charge on any atom is -0.369 e. The Kier molecular flexibility index (Phi) is 6.88. The number of thiazole rings is 1. The van der Waals surface area contributed by atoms with Crippen molar-refractivity contribution in [2.75, 3.05) is 43.4 Å². The molecule has 0 bridgehead atoms. The summed E-state index contributed by atoms with van der Waals surface area (Å²) in [6, 6.07) is 18.2. The van der Waals surface area contributed by atoms with E-state index in [4.69, 9.17) is 0 Å². The molecule has 1 N–H and O–H groups in total. The van der Waals surface area contributed by atoms with Crippen molar-refractivity contribution >= 4 is 33.6 Å². The molecular weight excluding hydrogens is 454 g/mol. The predicted molar refractivity (Wildman–Crippen MR) is 144 cm³/mol. The minimum absolute atomic E-state index is 0.107. The molecule has 1 aliphatic rings. The summed E-state index contributed by atoms with van der Waals surface area (Å²) in [6.07, 6.45) is 3.94. The number of hydrogen-bond acceptors (Lipinski definition) is 7. The average molecular weight is 484 g/mol. The van der Waals surface area contributed by atoms with Gasteiger partial charge in [0.2, 0.25) is 0 Å². The standard InChI is InChI=1S/C28H29N5OS/c1-20-5-8-22(17-25(20)30-28-31-26(19-35-28)23-4-3-11-29-18-23)27(34)16-21-6-9-24(10-7-21)33-14-12-32(2)13-15-33/h3-11,17-19H,12-16H2,1-2H3,(H,30,31). The van der Waals surface area contributed by atoms with Crippen molar-refractivity contribution in [3.05, 3.63) is 89.1 Å². The van der Waals surface area contributed by atoms with Gasteiger partial charge in [-0.25, -0.2) is 4.98 Å². The van der Waals surface area contributed by atoms with Crippen LogP contribution in [0.1, 0.15) is 21.5 Å². The van der Waals surface area contributed by atoms with Crippen molar-refractivity contribution < 1.29 is 4.79 Å². The monoisotopic (exact) mass is 483 g/mol. The van der Waals surface area contributed by atoms with Crippen LogP contribution in [0.4, 0.5) is 16.5 Å². The maximum absolute atomic E-state index is 13.1. The molecule has 6 nitrogen and oxygen atoms in total. The van der Waals surface area contributed by atoms with Gasteiger partial charge in [0, 0.05) is 72.9 Å². The van der Waals surface area contributed by atoms with Crippen molar-refractivity contribution in [3.63, 3.8) is 0 Å². The Balaban J connectivity index is 1.25. The molecule has 0 aliphatic carbocycles. The second-order valence-corrected chi connectivity index (χ2v) is 9.85. The highest BCUT2D eigenvalue weighted by molar-refractivity contribution is 7.14. The Morgan fingerprint density at radius 2 is 1.86 bits per heavy atom. The topological polar surface area (TPSA) is 61.4 Å². The molecule has 0 spiro atoms. The minimum atomic E-state index is 0.107. The van der Waals surface area contributed by atoms with Crippen molar-refractivity contribution in [3.8, 4) is 11.3 Å². The molecule has 2 aromatic carbocycles. The number of aromatic nitrogens is 2. The molecule has 0 atom stereocenters. The van der Waals surface area contributed by atoms with Crippen molar-refractivity contribution in [2.24, 2.45) is 0 Å². The maximum atomic E-state index is 13.1. The molecule has 5 rings (SSSR count). The highest BCUT2D eigenvalue weighted by atomic mass is 32.1. The molecule has 1 aliphatic heterocycles. The maximum Gasteiger partial charge on any atom is 0.187 e. The summed E-state index contributed by atoms with van der Waals surface area (Å²) in [5.74, 6) is 0.107. The van der Waals surface area contributed by atoms with Crippen LogP contribution in [-0.2, 0) is 6.42 Å². The van der Waals surface area contributed by atoms with Crippen LogP contribution in [0.25, 0.3) is 11.3 Å². The van der Waals surface area contributed by atoms with E-state index in [9.17, 15) is 4.79 Å². The number of ketones is 1. The van der Waals surface area contributed by atoms with Gasteiger partial charge in [0.25, 0.3) is 0 Å². The lowest BCUT2D eigenvalue weighted by atomic mass is 10.0. The Hall–Kier alpha value is -3.55. The van der Waals surface area contributed by atoms with Gasteiger partial charge in [-0.3, -0.25) is 9.78 Å². The van der Waals surface area contributed by atoms with E-state index >= 15 is 0 Å². The summed E-state index contributed by atoms with van der Waals surface area (Å²) in [4.78, 5) is 26.7. The summed E-state index contributed by atoms with van der Waals surface area (Å²) < 4.78 is 0. The first-order chi connectivity index (χ1) is 17.0. The number of nitrogens with zero attached hydrogens (tertiary/aromatic N) is 4. The van der Waals surface area contributed by atoms with Gasteiger partial charge >= 0.3 is 0 Å². The van der Waals surface area contributed by atoms with E-state index in [1.165, 1.54) is 17.0 Å². The van der Waals surface area contributed by atoms with Gasteiger partial charge in [0.15, 0.2) is 10.9 Å². The summed E-state index contributed by atoms with van der Waals surface area (Å²) in [5, 5.41) is 6.19. The Morgan fingerprint density at radius 1 is 1.06 bits per heavy atom. The molecule has 1 saturated heterocycles. The fourth-order valence-electron chi connectivity index (χ4n) is 4.20. The summed E-state index contributed by atoms with van der Waals surface area (Å²) >= 11 is 1.54. The molecule has 1 fully saturated rings. The van der Waals surface area contributed by atoms with E-state index in [1.807, 2.05) is 42.6 Å². The first kappa shape index (κ1) is 23.2. The Labute approximate surface area is 210 Å². The zero-order chi connectivity index (χ0) is 24.2. The number of carbonyl (C=O) groups is 1. The molecule has 7 heteroatoms. The number of carbonyl (C=O) groups excluding carboxylic acids is 1. The number of anilines is 3. The van der Waals surface area contributed by atoms with Crippen molar-refractivity contribution in [1.82, 2.24) is 14.9 Å². The van der Waals surface area contributed by atoms with Crippen LogP contribution in [0.3, 0.4) is 0 Å². The van der Waals surface area contributed by atoms with Crippen molar-refractivity contribution in [2.45, 2.75) is 13.3 Å². The molecule has 0 amide bonds. The number of nitrogens with one attached hydrogen (secondary N) is 1. The van der Waals surface area contributed by atoms with Crippen LogP contribution in [0.5, 0.6) is 0 Å². The van der Waals surface area contributed by atoms with Crippen LogP contribution in [-0.4, -0.2) is 53.9 Å². The number of hydrogen-bond donors (Lipinski definition) is 1. The quantitative estimate of drug-likeness (QED) is 0.354.